The Balaban J connectivity index is 2.33. The Hall–Kier alpha value is -2.95. The first-order valence-corrected chi connectivity index (χ1v) is 15.4. The lowest BCUT2D eigenvalue weighted by Gasteiger charge is -2.19. The largest absolute Gasteiger partial charge is 0.356 e. The molecule has 11 heteroatoms. The SMILES string of the molecule is CCCCCCNC(=N)NC(=N)NCCCC(CCNC(=N)NC(=N)NCCCCCC)Sc1ccccc1. The van der Waals surface area contributed by atoms with Gasteiger partial charge in [-0.25, -0.2) is 0 Å². The number of guanidine groups is 4. The second-order valence-corrected chi connectivity index (χ2v) is 10.9. The Kier molecular flexibility index (Phi) is 20.1. The fourth-order valence-electron chi connectivity index (χ4n) is 3.81. The summed E-state index contributed by atoms with van der Waals surface area (Å²) in [6, 6.07) is 10.3. The van der Waals surface area contributed by atoms with Crippen molar-refractivity contribution in [3.8, 4) is 0 Å². The standard InChI is InChI=1S/C28H52N10S/c1-3-5-7-12-19-33-25(29)37-27(31)35-21-14-17-24(39-23-15-10-9-11-16-23)18-22-36-28(32)38-26(30)34-20-13-8-6-4-2/h9-11,15-16,24H,3-8,12-14,17-22H2,1-2H3,(H5,29,31,33,35,37)(H5,30,32,34,36,38). The van der Waals surface area contributed by atoms with Crippen LogP contribution in [-0.4, -0.2) is 55.3 Å². The van der Waals surface area contributed by atoms with E-state index < -0.39 is 0 Å². The average molecular weight is 561 g/mol. The Bertz CT molecular complexity index is 818. The molecule has 0 radical (unpaired) electrons. The van der Waals surface area contributed by atoms with E-state index in [-0.39, 0.29) is 23.8 Å². The molecule has 0 saturated carbocycles. The quantitative estimate of drug-likeness (QED) is 0.0504. The molecule has 0 spiro atoms. The van der Waals surface area contributed by atoms with E-state index in [9.17, 15) is 0 Å². The summed E-state index contributed by atoms with van der Waals surface area (Å²) in [4.78, 5) is 1.21. The van der Waals surface area contributed by atoms with Crippen LogP contribution in [0.4, 0.5) is 0 Å². The smallest absolute Gasteiger partial charge is 0.195 e. The van der Waals surface area contributed by atoms with Gasteiger partial charge in [-0.1, -0.05) is 70.6 Å². The van der Waals surface area contributed by atoms with Gasteiger partial charge >= 0.3 is 0 Å². The van der Waals surface area contributed by atoms with Crippen LogP contribution < -0.4 is 31.9 Å². The number of benzene rings is 1. The van der Waals surface area contributed by atoms with Crippen LogP contribution in [0.15, 0.2) is 35.2 Å². The van der Waals surface area contributed by atoms with E-state index in [2.05, 4.69) is 57.9 Å². The molecular weight excluding hydrogens is 508 g/mol. The van der Waals surface area contributed by atoms with Crippen molar-refractivity contribution >= 4 is 35.6 Å². The summed E-state index contributed by atoms with van der Waals surface area (Å²) in [7, 11) is 0. The highest BCUT2D eigenvalue weighted by Crippen LogP contribution is 2.28. The molecule has 1 atom stereocenters. The van der Waals surface area contributed by atoms with Crippen molar-refractivity contribution < 1.29 is 0 Å². The third kappa shape index (κ3) is 19.7. The minimum absolute atomic E-state index is 0.132. The van der Waals surface area contributed by atoms with Gasteiger partial charge in [0.1, 0.15) is 0 Å². The van der Waals surface area contributed by atoms with Gasteiger partial charge in [0, 0.05) is 36.3 Å². The van der Waals surface area contributed by atoms with Crippen LogP contribution in [0.3, 0.4) is 0 Å². The van der Waals surface area contributed by atoms with Gasteiger partial charge in [0.05, 0.1) is 0 Å². The number of hydrogen-bond acceptors (Lipinski definition) is 5. The van der Waals surface area contributed by atoms with Crippen LogP contribution in [0.1, 0.15) is 84.5 Å². The summed E-state index contributed by atoms with van der Waals surface area (Å²) in [5, 5.41) is 50.1. The minimum Gasteiger partial charge on any atom is -0.356 e. The lowest BCUT2D eigenvalue weighted by atomic mass is 10.2. The molecule has 0 aliphatic heterocycles. The minimum atomic E-state index is 0.132. The monoisotopic (exact) mass is 560 g/mol. The van der Waals surface area contributed by atoms with E-state index in [1.54, 1.807) is 0 Å². The Morgan fingerprint density at radius 2 is 1.05 bits per heavy atom. The molecule has 0 amide bonds. The fourth-order valence-corrected chi connectivity index (χ4v) is 5.03. The molecule has 220 valence electrons. The highest BCUT2D eigenvalue weighted by atomic mass is 32.2. The zero-order valence-electron chi connectivity index (χ0n) is 24.0. The number of hydrogen-bond donors (Lipinski definition) is 10. The van der Waals surface area contributed by atoms with Crippen molar-refractivity contribution in [2.45, 2.75) is 94.6 Å². The third-order valence-electron chi connectivity index (χ3n) is 5.98. The van der Waals surface area contributed by atoms with Gasteiger partial charge in [-0.15, -0.1) is 11.8 Å². The van der Waals surface area contributed by atoms with Crippen molar-refractivity contribution in [2.75, 3.05) is 26.2 Å². The second kappa shape index (κ2) is 23.0. The van der Waals surface area contributed by atoms with E-state index in [1.807, 2.05) is 30.0 Å². The summed E-state index contributed by atoms with van der Waals surface area (Å²) >= 11 is 1.83. The van der Waals surface area contributed by atoms with Crippen molar-refractivity contribution in [1.82, 2.24) is 31.9 Å². The molecule has 0 heterocycles. The maximum Gasteiger partial charge on any atom is 0.195 e. The Labute approximate surface area is 240 Å². The summed E-state index contributed by atoms with van der Waals surface area (Å²) in [6.45, 7) is 7.12. The van der Waals surface area contributed by atoms with Crippen LogP contribution in [0.25, 0.3) is 0 Å². The maximum absolute atomic E-state index is 8.10. The molecule has 0 aromatic heterocycles. The van der Waals surface area contributed by atoms with Crippen LogP contribution >= 0.6 is 11.8 Å². The van der Waals surface area contributed by atoms with E-state index in [4.69, 9.17) is 21.6 Å². The second-order valence-electron chi connectivity index (χ2n) is 9.56. The maximum atomic E-state index is 8.10. The van der Waals surface area contributed by atoms with Gasteiger partial charge in [0.25, 0.3) is 0 Å². The predicted molar refractivity (Wildman–Crippen MR) is 167 cm³/mol. The van der Waals surface area contributed by atoms with Crippen molar-refractivity contribution in [3.05, 3.63) is 30.3 Å². The summed E-state index contributed by atoms with van der Waals surface area (Å²) in [5.74, 6) is 0.576. The molecule has 39 heavy (non-hydrogen) atoms. The van der Waals surface area contributed by atoms with E-state index >= 15 is 0 Å². The fraction of sp³-hybridized carbons (Fsp3) is 0.643. The first kappa shape index (κ1) is 34.1. The van der Waals surface area contributed by atoms with E-state index in [0.717, 1.165) is 58.0 Å². The van der Waals surface area contributed by atoms with Crippen LogP contribution in [-0.2, 0) is 0 Å². The lowest BCUT2D eigenvalue weighted by Crippen LogP contribution is -2.46. The van der Waals surface area contributed by atoms with Crippen molar-refractivity contribution in [1.29, 1.82) is 21.6 Å². The molecule has 10 nitrogen and oxygen atoms in total. The molecule has 0 fully saturated rings. The van der Waals surface area contributed by atoms with Gasteiger partial charge in [0.2, 0.25) is 0 Å². The first-order valence-electron chi connectivity index (χ1n) is 14.5. The van der Waals surface area contributed by atoms with Gasteiger partial charge < -0.3 is 21.3 Å². The van der Waals surface area contributed by atoms with Gasteiger partial charge in [-0.05, 0) is 44.2 Å². The number of nitrogens with one attached hydrogen (secondary N) is 10. The van der Waals surface area contributed by atoms with Gasteiger partial charge in [0.15, 0.2) is 23.8 Å². The lowest BCUT2D eigenvalue weighted by molar-refractivity contribution is 0.630. The van der Waals surface area contributed by atoms with Crippen LogP contribution in [0, 0.1) is 21.6 Å². The molecule has 10 N–H and O–H groups in total. The topological polar surface area (TPSA) is 168 Å². The zero-order chi connectivity index (χ0) is 28.6. The normalized spacial score (nSPS) is 11.2. The van der Waals surface area contributed by atoms with Gasteiger partial charge in [-0.3, -0.25) is 32.3 Å². The summed E-state index contributed by atoms with van der Waals surface area (Å²) < 4.78 is 0. The zero-order valence-corrected chi connectivity index (χ0v) is 24.8. The summed E-state index contributed by atoms with van der Waals surface area (Å²) in [5.41, 5.74) is 0. The van der Waals surface area contributed by atoms with Crippen molar-refractivity contribution in [2.24, 2.45) is 0 Å². The molecule has 1 unspecified atom stereocenters. The number of rotatable bonds is 19. The van der Waals surface area contributed by atoms with Gasteiger partial charge in [-0.2, -0.15) is 0 Å². The summed E-state index contributed by atoms with van der Waals surface area (Å²) in [6.07, 6.45) is 11.9. The molecule has 1 aromatic carbocycles. The van der Waals surface area contributed by atoms with E-state index in [0.29, 0.717) is 18.3 Å². The molecule has 1 rings (SSSR count). The Morgan fingerprint density at radius 1 is 0.590 bits per heavy atom. The highest BCUT2D eigenvalue weighted by molar-refractivity contribution is 8.00. The molecule has 0 aliphatic rings. The molecule has 0 saturated heterocycles. The molecule has 1 aromatic rings. The van der Waals surface area contributed by atoms with E-state index in [1.165, 1.54) is 30.6 Å². The predicted octanol–water partition coefficient (Wildman–Crippen LogP) is 4.75. The van der Waals surface area contributed by atoms with Crippen LogP contribution in [0.5, 0.6) is 0 Å². The highest BCUT2D eigenvalue weighted by Gasteiger charge is 2.12. The molecule has 0 aliphatic carbocycles. The van der Waals surface area contributed by atoms with Crippen molar-refractivity contribution in [3.63, 3.8) is 0 Å². The van der Waals surface area contributed by atoms with Crippen LogP contribution in [0.2, 0.25) is 0 Å². The first-order chi connectivity index (χ1) is 18.9. The molecule has 0 bridgehead atoms. The third-order valence-corrected chi connectivity index (χ3v) is 7.33. The average Bonchev–Trinajstić information content (AvgIpc) is 2.91. The molecular formula is C28H52N10S. The Morgan fingerprint density at radius 3 is 1.54 bits per heavy atom. The number of thioether (sulfide) groups is 1. The number of unbranched alkanes of at least 4 members (excludes halogenated alkanes) is 6.